The first-order chi connectivity index (χ1) is 5.75. The predicted molar refractivity (Wildman–Crippen MR) is 46.6 cm³/mol. The van der Waals surface area contributed by atoms with Gasteiger partial charge in [0.15, 0.2) is 0 Å². The molecule has 1 fully saturated rings. The maximum atomic E-state index is 11.3. The minimum Gasteiger partial charge on any atom is -0.396 e. The molecule has 0 spiro atoms. The van der Waals surface area contributed by atoms with Gasteiger partial charge in [-0.1, -0.05) is 6.92 Å². The monoisotopic (exact) mass is 171 g/mol. The SMILES string of the molecule is CC(CCO)C1CCCNC1=O. The highest BCUT2D eigenvalue weighted by molar-refractivity contribution is 5.79. The van der Waals surface area contributed by atoms with E-state index in [1.165, 1.54) is 0 Å². The van der Waals surface area contributed by atoms with Gasteiger partial charge < -0.3 is 10.4 Å². The second kappa shape index (κ2) is 4.45. The second-order valence-electron chi connectivity index (χ2n) is 3.53. The van der Waals surface area contributed by atoms with E-state index < -0.39 is 0 Å². The molecule has 0 aromatic carbocycles. The van der Waals surface area contributed by atoms with Crippen molar-refractivity contribution in [1.82, 2.24) is 5.32 Å². The van der Waals surface area contributed by atoms with E-state index in [0.717, 1.165) is 25.8 Å². The van der Waals surface area contributed by atoms with Crippen LogP contribution in [0.15, 0.2) is 0 Å². The first kappa shape index (κ1) is 9.52. The molecule has 1 aliphatic rings. The van der Waals surface area contributed by atoms with E-state index >= 15 is 0 Å². The van der Waals surface area contributed by atoms with Gasteiger partial charge in [0.2, 0.25) is 5.91 Å². The van der Waals surface area contributed by atoms with Gasteiger partial charge in [-0.2, -0.15) is 0 Å². The molecule has 1 saturated heterocycles. The van der Waals surface area contributed by atoms with Crippen LogP contribution in [0.1, 0.15) is 26.2 Å². The Hall–Kier alpha value is -0.570. The Morgan fingerprint density at radius 2 is 2.50 bits per heavy atom. The molecule has 1 heterocycles. The van der Waals surface area contributed by atoms with Gasteiger partial charge in [-0.25, -0.2) is 0 Å². The van der Waals surface area contributed by atoms with Gasteiger partial charge in [0.1, 0.15) is 0 Å². The number of piperidine rings is 1. The van der Waals surface area contributed by atoms with Crippen molar-refractivity contribution in [2.45, 2.75) is 26.2 Å². The average Bonchev–Trinajstić information content (AvgIpc) is 2.05. The van der Waals surface area contributed by atoms with Gasteiger partial charge in [0, 0.05) is 19.1 Å². The molecule has 12 heavy (non-hydrogen) atoms. The van der Waals surface area contributed by atoms with Crippen LogP contribution in [0.5, 0.6) is 0 Å². The summed E-state index contributed by atoms with van der Waals surface area (Å²) in [5.74, 6) is 0.614. The molecule has 0 radical (unpaired) electrons. The van der Waals surface area contributed by atoms with Crippen molar-refractivity contribution >= 4 is 5.91 Å². The largest absolute Gasteiger partial charge is 0.396 e. The zero-order valence-electron chi connectivity index (χ0n) is 7.55. The fraction of sp³-hybridized carbons (Fsp3) is 0.889. The van der Waals surface area contributed by atoms with Crippen LogP contribution in [-0.2, 0) is 4.79 Å². The van der Waals surface area contributed by atoms with Gasteiger partial charge in [-0.15, -0.1) is 0 Å². The lowest BCUT2D eigenvalue weighted by atomic mass is 9.85. The van der Waals surface area contributed by atoms with Crippen molar-refractivity contribution in [3.05, 3.63) is 0 Å². The molecule has 2 unspecified atom stereocenters. The lowest BCUT2D eigenvalue weighted by Crippen LogP contribution is -2.39. The van der Waals surface area contributed by atoms with Crippen LogP contribution < -0.4 is 5.32 Å². The quantitative estimate of drug-likeness (QED) is 0.650. The number of hydrogen-bond donors (Lipinski definition) is 2. The summed E-state index contributed by atoms with van der Waals surface area (Å²) in [6.45, 7) is 3.04. The lowest BCUT2D eigenvalue weighted by Gasteiger charge is -2.26. The van der Waals surface area contributed by atoms with E-state index in [1.807, 2.05) is 6.92 Å². The van der Waals surface area contributed by atoms with Gasteiger partial charge in [0.05, 0.1) is 0 Å². The van der Waals surface area contributed by atoms with Crippen molar-refractivity contribution in [1.29, 1.82) is 0 Å². The molecule has 70 valence electrons. The molecule has 1 aliphatic heterocycles. The van der Waals surface area contributed by atoms with E-state index in [-0.39, 0.29) is 18.4 Å². The summed E-state index contributed by atoms with van der Waals surface area (Å²) in [5, 5.41) is 11.6. The maximum Gasteiger partial charge on any atom is 0.223 e. The number of nitrogens with one attached hydrogen (secondary N) is 1. The Balaban J connectivity index is 2.42. The smallest absolute Gasteiger partial charge is 0.223 e. The highest BCUT2D eigenvalue weighted by atomic mass is 16.3. The standard InChI is InChI=1S/C9H17NO2/c1-7(4-6-11)8-3-2-5-10-9(8)12/h7-8,11H,2-6H2,1H3,(H,10,12). The van der Waals surface area contributed by atoms with Crippen LogP contribution in [0.4, 0.5) is 0 Å². The number of carbonyl (C=O) groups excluding carboxylic acids is 1. The van der Waals surface area contributed by atoms with E-state index in [2.05, 4.69) is 5.32 Å². The molecule has 1 amide bonds. The number of amides is 1. The van der Waals surface area contributed by atoms with E-state index in [1.54, 1.807) is 0 Å². The maximum absolute atomic E-state index is 11.3. The summed E-state index contributed by atoms with van der Waals surface area (Å²) in [6.07, 6.45) is 2.79. The third-order valence-electron chi connectivity index (χ3n) is 2.60. The normalized spacial score (nSPS) is 26.5. The zero-order valence-corrected chi connectivity index (χ0v) is 7.55. The number of aliphatic hydroxyl groups is 1. The average molecular weight is 171 g/mol. The molecule has 0 aromatic heterocycles. The Kier molecular flexibility index (Phi) is 3.53. The highest BCUT2D eigenvalue weighted by Crippen LogP contribution is 2.22. The summed E-state index contributed by atoms with van der Waals surface area (Å²) >= 11 is 0. The summed E-state index contributed by atoms with van der Waals surface area (Å²) < 4.78 is 0. The Morgan fingerprint density at radius 1 is 1.75 bits per heavy atom. The Bertz CT molecular complexity index is 159. The topological polar surface area (TPSA) is 49.3 Å². The number of hydrogen-bond acceptors (Lipinski definition) is 2. The van der Waals surface area contributed by atoms with Crippen LogP contribution in [0.3, 0.4) is 0 Å². The molecule has 0 aromatic rings. The number of carbonyl (C=O) groups is 1. The molecule has 3 heteroatoms. The van der Waals surface area contributed by atoms with Crippen LogP contribution in [0.2, 0.25) is 0 Å². The first-order valence-corrected chi connectivity index (χ1v) is 4.64. The summed E-state index contributed by atoms with van der Waals surface area (Å²) in [7, 11) is 0. The minimum atomic E-state index is 0.130. The number of aliphatic hydroxyl groups excluding tert-OH is 1. The van der Waals surface area contributed by atoms with Crippen molar-refractivity contribution in [2.24, 2.45) is 11.8 Å². The van der Waals surface area contributed by atoms with Crippen LogP contribution in [-0.4, -0.2) is 24.2 Å². The Morgan fingerprint density at radius 3 is 3.08 bits per heavy atom. The fourth-order valence-corrected chi connectivity index (χ4v) is 1.74. The van der Waals surface area contributed by atoms with Crippen LogP contribution in [0.25, 0.3) is 0 Å². The molecule has 0 aliphatic carbocycles. The summed E-state index contributed by atoms with van der Waals surface area (Å²) in [4.78, 5) is 11.3. The van der Waals surface area contributed by atoms with Crippen molar-refractivity contribution in [3.63, 3.8) is 0 Å². The molecule has 2 atom stereocenters. The van der Waals surface area contributed by atoms with Gasteiger partial charge in [-0.05, 0) is 25.2 Å². The Labute approximate surface area is 73.2 Å². The first-order valence-electron chi connectivity index (χ1n) is 4.64. The van der Waals surface area contributed by atoms with E-state index in [4.69, 9.17) is 5.11 Å². The fourth-order valence-electron chi connectivity index (χ4n) is 1.74. The molecule has 3 nitrogen and oxygen atoms in total. The zero-order chi connectivity index (χ0) is 8.97. The molecule has 2 N–H and O–H groups in total. The van der Waals surface area contributed by atoms with Crippen LogP contribution >= 0.6 is 0 Å². The lowest BCUT2D eigenvalue weighted by molar-refractivity contribution is -0.128. The van der Waals surface area contributed by atoms with Gasteiger partial charge in [-0.3, -0.25) is 4.79 Å². The van der Waals surface area contributed by atoms with Crippen molar-refractivity contribution in [3.8, 4) is 0 Å². The van der Waals surface area contributed by atoms with Crippen molar-refractivity contribution < 1.29 is 9.90 Å². The molecule has 0 saturated carbocycles. The second-order valence-corrected chi connectivity index (χ2v) is 3.53. The molecule has 0 bridgehead atoms. The minimum absolute atomic E-state index is 0.130. The summed E-state index contributed by atoms with van der Waals surface area (Å²) in [5.41, 5.74) is 0. The van der Waals surface area contributed by atoms with Gasteiger partial charge in [0.25, 0.3) is 0 Å². The van der Waals surface area contributed by atoms with Crippen molar-refractivity contribution in [2.75, 3.05) is 13.2 Å². The summed E-state index contributed by atoms with van der Waals surface area (Å²) in [6, 6.07) is 0. The predicted octanol–water partition coefficient (Wildman–Crippen LogP) is 0.531. The molecular formula is C9H17NO2. The van der Waals surface area contributed by atoms with Crippen LogP contribution in [0, 0.1) is 11.8 Å². The van der Waals surface area contributed by atoms with E-state index in [9.17, 15) is 4.79 Å². The molecular weight excluding hydrogens is 154 g/mol. The third kappa shape index (κ3) is 2.21. The van der Waals surface area contributed by atoms with E-state index in [0.29, 0.717) is 5.92 Å². The highest BCUT2D eigenvalue weighted by Gasteiger charge is 2.26. The third-order valence-corrected chi connectivity index (χ3v) is 2.60. The van der Waals surface area contributed by atoms with Gasteiger partial charge >= 0.3 is 0 Å². The molecule has 1 rings (SSSR count). The number of rotatable bonds is 3.